The molecule has 0 amide bonds. The van der Waals surface area contributed by atoms with E-state index >= 15 is 0 Å². The van der Waals surface area contributed by atoms with E-state index in [2.05, 4.69) is 5.32 Å². The second-order valence-electron chi connectivity index (χ2n) is 4.20. The van der Waals surface area contributed by atoms with Gasteiger partial charge in [-0.25, -0.2) is 4.39 Å². The van der Waals surface area contributed by atoms with Crippen molar-refractivity contribution >= 4 is 22.9 Å². The van der Waals surface area contributed by atoms with Gasteiger partial charge in [-0.1, -0.05) is 36.5 Å². The summed E-state index contributed by atoms with van der Waals surface area (Å²) in [5.74, 6) is 0.431. The van der Waals surface area contributed by atoms with Crippen LogP contribution in [0.5, 0.6) is 5.75 Å². The lowest BCUT2D eigenvalue weighted by molar-refractivity contribution is 0.478. The Bertz CT molecular complexity index is 625. The van der Waals surface area contributed by atoms with Gasteiger partial charge in [0.05, 0.1) is 6.26 Å². The second-order valence-corrected chi connectivity index (χ2v) is 4.60. The number of hydrogen-bond acceptors (Lipinski definition) is 2. The van der Waals surface area contributed by atoms with Crippen LogP contribution >= 0.6 is 12.2 Å². The SMILES string of the molecule is C/C(=C\Oc1ccccc1)C(=S)Nc1cccc(F)c1. The van der Waals surface area contributed by atoms with Crippen molar-refractivity contribution in [2.45, 2.75) is 6.92 Å². The van der Waals surface area contributed by atoms with E-state index in [4.69, 9.17) is 17.0 Å². The van der Waals surface area contributed by atoms with Crippen LogP contribution in [0.15, 0.2) is 66.4 Å². The molecule has 0 spiro atoms. The number of ether oxygens (including phenoxy) is 1. The zero-order chi connectivity index (χ0) is 14.4. The quantitative estimate of drug-likeness (QED) is 0.506. The van der Waals surface area contributed by atoms with Crippen molar-refractivity contribution in [3.63, 3.8) is 0 Å². The van der Waals surface area contributed by atoms with E-state index in [-0.39, 0.29) is 5.82 Å². The molecule has 0 aliphatic heterocycles. The molecule has 20 heavy (non-hydrogen) atoms. The van der Waals surface area contributed by atoms with Crippen molar-refractivity contribution in [3.8, 4) is 5.75 Å². The summed E-state index contributed by atoms with van der Waals surface area (Å²) in [4.78, 5) is 0.492. The maximum absolute atomic E-state index is 13.1. The smallest absolute Gasteiger partial charge is 0.126 e. The highest BCUT2D eigenvalue weighted by Crippen LogP contribution is 2.13. The molecule has 1 N–H and O–H groups in total. The van der Waals surface area contributed by atoms with Crippen LogP contribution in [-0.2, 0) is 0 Å². The molecule has 2 aromatic rings. The Morgan fingerprint density at radius 3 is 2.60 bits per heavy atom. The van der Waals surface area contributed by atoms with Gasteiger partial charge in [0, 0.05) is 11.3 Å². The number of para-hydroxylation sites is 1. The molecule has 2 aromatic carbocycles. The van der Waals surface area contributed by atoms with Crippen LogP contribution in [0.4, 0.5) is 10.1 Å². The van der Waals surface area contributed by atoms with Gasteiger partial charge in [0.15, 0.2) is 0 Å². The predicted molar refractivity (Wildman–Crippen MR) is 83.4 cm³/mol. The Kier molecular flexibility index (Phi) is 4.85. The molecule has 0 bridgehead atoms. The maximum atomic E-state index is 13.1. The molecule has 0 unspecified atom stereocenters. The first kappa shape index (κ1) is 14.2. The van der Waals surface area contributed by atoms with Crippen LogP contribution in [0.1, 0.15) is 6.92 Å². The standard InChI is InChI=1S/C16H14FNOS/c1-12(11-19-15-8-3-2-4-9-15)16(20)18-14-7-5-6-13(17)10-14/h2-11H,1H3,(H,18,20)/b12-11+. The number of anilines is 1. The second kappa shape index (κ2) is 6.82. The third-order valence-electron chi connectivity index (χ3n) is 2.56. The molecule has 0 heterocycles. The van der Waals surface area contributed by atoms with Crippen LogP contribution in [0.25, 0.3) is 0 Å². The van der Waals surface area contributed by atoms with Crippen LogP contribution in [0, 0.1) is 5.82 Å². The van der Waals surface area contributed by atoms with Crippen molar-refractivity contribution in [3.05, 3.63) is 72.2 Å². The minimum absolute atomic E-state index is 0.306. The lowest BCUT2D eigenvalue weighted by Gasteiger charge is -2.08. The van der Waals surface area contributed by atoms with E-state index < -0.39 is 0 Å². The molecule has 0 aromatic heterocycles. The maximum Gasteiger partial charge on any atom is 0.126 e. The average molecular weight is 287 g/mol. The number of nitrogens with one attached hydrogen (secondary N) is 1. The molecule has 0 atom stereocenters. The van der Waals surface area contributed by atoms with E-state index in [9.17, 15) is 4.39 Å². The molecular weight excluding hydrogens is 273 g/mol. The summed E-state index contributed by atoms with van der Waals surface area (Å²) < 4.78 is 18.6. The van der Waals surface area contributed by atoms with Crippen LogP contribution < -0.4 is 10.1 Å². The number of thiocarbonyl (C=S) groups is 1. The summed E-state index contributed by atoms with van der Waals surface area (Å²) in [6.45, 7) is 1.83. The van der Waals surface area contributed by atoms with Gasteiger partial charge in [0.2, 0.25) is 0 Å². The molecule has 4 heteroatoms. The van der Waals surface area contributed by atoms with Crippen LogP contribution in [-0.4, -0.2) is 4.99 Å². The van der Waals surface area contributed by atoms with Gasteiger partial charge < -0.3 is 10.1 Å². The van der Waals surface area contributed by atoms with Crippen LogP contribution in [0.3, 0.4) is 0 Å². The Labute approximate surface area is 122 Å². The summed E-state index contributed by atoms with van der Waals surface area (Å²) in [6.07, 6.45) is 1.57. The van der Waals surface area contributed by atoms with Crippen LogP contribution in [0.2, 0.25) is 0 Å². The fraction of sp³-hybridized carbons (Fsp3) is 0.0625. The minimum Gasteiger partial charge on any atom is -0.465 e. The molecule has 0 saturated carbocycles. The van der Waals surface area contributed by atoms with E-state index in [0.29, 0.717) is 10.7 Å². The lowest BCUT2D eigenvalue weighted by atomic mass is 10.3. The first-order valence-corrected chi connectivity index (χ1v) is 6.51. The Morgan fingerprint density at radius 1 is 1.15 bits per heavy atom. The third-order valence-corrected chi connectivity index (χ3v) is 2.98. The van der Waals surface area contributed by atoms with Crippen molar-refractivity contribution in [2.75, 3.05) is 5.32 Å². The number of rotatable bonds is 4. The van der Waals surface area contributed by atoms with Gasteiger partial charge in [-0.3, -0.25) is 0 Å². The zero-order valence-electron chi connectivity index (χ0n) is 11.0. The molecule has 0 fully saturated rings. The van der Waals surface area contributed by atoms with Gasteiger partial charge in [0.25, 0.3) is 0 Å². The van der Waals surface area contributed by atoms with E-state index in [0.717, 1.165) is 11.3 Å². The highest BCUT2D eigenvalue weighted by molar-refractivity contribution is 7.81. The number of hydrogen-bond donors (Lipinski definition) is 1. The normalized spacial score (nSPS) is 11.0. The van der Waals surface area contributed by atoms with Crippen molar-refractivity contribution in [1.29, 1.82) is 0 Å². The van der Waals surface area contributed by atoms with Gasteiger partial charge >= 0.3 is 0 Å². The first-order chi connectivity index (χ1) is 9.65. The summed E-state index contributed by atoms with van der Waals surface area (Å²) >= 11 is 5.24. The topological polar surface area (TPSA) is 21.3 Å². The summed E-state index contributed by atoms with van der Waals surface area (Å²) in [5.41, 5.74) is 1.37. The summed E-state index contributed by atoms with van der Waals surface area (Å²) in [5, 5.41) is 2.96. The first-order valence-electron chi connectivity index (χ1n) is 6.10. The minimum atomic E-state index is -0.306. The zero-order valence-corrected chi connectivity index (χ0v) is 11.8. The molecule has 0 saturated heterocycles. The molecular formula is C16H14FNOS. The molecule has 0 radical (unpaired) electrons. The molecule has 0 aliphatic rings. The highest BCUT2D eigenvalue weighted by Gasteiger charge is 2.02. The van der Waals surface area contributed by atoms with Crippen molar-refractivity contribution in [1.82, 2.24) is 0 Å². The third kappa shape index (κ3) is 4.17. The summed E-state index contributed by atoms with van der Waals surface area (Å²) in [6, 6.07) is 15.6. The van der Waals surface area contributed by atoms with E-state index in [1.807, 2.05) is 37.3 Å². The van der Waals surface area contributed by atoms with Gasteiger partial charge in [-0.2, -0.15) is 0 Å². The van der Waals surface area contributed by atoms with Gasteiger partial charge in [-0.15, -0.1) is 0 Å². The monoisotopic (exact) mass is 287 g/mol. The van der Waals surface area contributed by atoms with Crippen molar-refractivity contribution < 1.29 is 9.13 Å². The summed E-state index contributed by atoms with van der Waals surface area (Å²) in [7, 11) is 0. The number of halogens is 1. The highest BCUT2D eigenvalue weighted by atomic mass is 32.1. The number of benzene rings is 2. The average Bonchev–Trinajstić information content (AvgIpc) is 2.46. The molecule has 2 nitrogen and oxygen atoms in total. The lowest BCUT2D eigenvalue weighted by Crippen LogP contribution is -2.11. The van der Waals surface area contributed by atoms with E-state index in [1.54, 1.807) is 18.4 Å². The predicted octanol–water partition coefficient (Wildman–Crippen LogP) is 4.55. The fourth-order valence-corrected chi connectivity index (χ4v) is 1.67. The van der Waals surface area contributed by atoms with Crippen molar-refractivity contribution in [2.24, 2.45) is 0 Å². The van der Waals surface area contributed by atoms with E-state index in [1.165, 1.54) is 12.1 Å². The van der Waals surface area contributed by atoms with Gasteiger partial charge in [0.1, 0.15) is 16.6 Å². The molecule has 0 aliphatic carbocycles. The Morgan fingerprint density at radius 2 is 1.90 bits per heavy atom. The van der Waals surface area contributed by atoms with Gasteiger partial charge in [-0.05, 0) is 37.3 Å². The Balaban J connectivity index is 1.98. The largest absolute Gasteiger partial charge is 0.465 e. The Hall–Kier alpha value is -2.20. The molecule has 2 rings (SSSR count). The fourth-order valence-electron chi connectivity index (χ4n) is 1.50. The molecule has 102 valence electrons.